The molecule has 2 aromatic rings. The Morgan fingerprint density at radius 1 is 1.20 bits per heavy atom. The van der Waals surface area contributed by atoms with Gasteiger partial charge < -0.3 is 5.32 Å². The minimum absolute atomic E-state index is 0.336. The molecule has 2 rings (SSSR count). The molecule has 0 saturated carbocycles. The van der Waals surface area contributed by atoms with Crippen LogP contribution in [0.5, 0.6) is 0 Å². The molecule has 1 amide bonds. The highest BCUT2D eigenvalue weighted by Crippen LogP contribution is 2.25. The van der Waals surface area contributed by atoms with Crippen LogP contribution < -0.4 is 9.62 Å². The summed E-state index contributed by atoms with van der Waals surface area (Å²) >= 11 is 5.96. The van der Waals surface area contributed by atoms with Crippen molar-refractivity contribution in [3.05, 3.63) is 58.6 Å². The molecule has 0 bridgehead atoms. The highest BCUT2D eigenvalue weighted by molar-refractivity contribution is 7.92. The molecule has 0 fully saturated rings. The molecule has 0 atom stereocenters. The molecule has 0 unspecified atom stereocenters. The number of anilines is 2. The number of aryl methyl sites for hydroxylation is 1. The first kappa shape index (κ1) is 19.1. The van der Waals surface area contributed by atoms with Gasteiger partial charge in [-0.3, -0.25) is 9.10 Å². The third-order valence-electron chi connectivity index (χ3n) is 3.33. The number of amides is 1. The summed E-state index contributed by atoms with van der Waals surface area (Å²) in [4.78, 5) is 12.2. The number of para-hydroxylation sites is 1. The van der Waals surface area contributed by atoms with Crippen LogP contribution in [-0.2, 0) is 14.8 Å². The van der Waals surface area contributed by atoms with Crippen LogP contribution in [-0.4, -0.2) is 27.1 Å². The fourth-order valence-corrected chi connectivity index (χ4v) is 3.13. The molecule has 0 aromatic heterocycles. The van der Waals surface area contributed by atoms with E-state index >= 15 is 0 Å². The van der Waals surface area contributed by atoms with Crippen LogP contribution in [0.15, 0.2) is 36.4 Å². The first-order chi connectivity index (χ1) is 11.6. The second kappa shape index (κ2) is 7.37. The molecule has 0 heterocycles. The van der Waals surface area contributed by atoms with Crippen molar-refractivity contribution in [2.75, 3.05) is 22.4 Å². The Hall–Kier alpha value is -2.19. The number of carbonyl (C=O) groups excluding carboxylic acids is 1. The van der Waals surface area contributed by atoms with Crippen molar-refractivity contribution in [3.8, 4) is 0 Å². The van der Waals surface area contributed by atoms with E-state index in [1.165, 1.54) is 6.07 Å². The molecule has 134 valence electrons. The average molecular weight is 389 g/mol. The van der Waals surface area contributed by atoms with E-state index in [-0.39, 0.29) is 0 Å². The number of nitrogens with zero attached hydrogens (tertiary/aromatic N) is 1. The van der Waals surface area contributed by atoms with E-state index in [4.69, 9.17) is 11.6 Å². The predicted octanol–water partition coefficient (Wildman–Crippen LogP) is 3.33. The normalized spacial score (nSPS) is 11.2. The lowest BCUT2D eigenvalue weighted by molar-refractivity contribution is -0.114. The van der Waals surface area contributed by atoms with Gasteiger partial charge >= 0.3 is 0 Å². The summed E-state index contributed by atoms with van der Waals surface area (Å²) < 4.78 is 52.0. The Morgan fingerprint density at radius 2 is 1.80 bits per heavy atom. The Kier molecular flexibility index (Phi) is 5.64. The molecule has 0 radical (unpaired) electrons. The Morgan fingerprint density at radius 3 is 2.32 bits per heavy atom. The molecule has 0 aliphatic rings. The van der Waals surface area contributed by atoms with Gasteiger partial charge in [0.05, 0.1) is 6.26 Å². The summed E-state index contributed by atoms with van der Waals surface area (Å²) in [6, 6.07) is 7.66. The average Bonchev–Trinajstić information content (AvgIpc) is 2.49. The van der Waals surface area contributed by atoms with Crippen molar-refractivity contribution in [2.45, 2.75) is 6.92 Å². The van der Waals surface area contributed by atoms with Crippen LogP contribution in [0.4, 0.5) is 20.2 Å². The predicted molar refractivity (Wildman–Crippen MR) is 93.4 cm³/mol. The standard InChI is InChI=1S/C16H15ClF2N2O3S/c1-10-6-7-11(8-12(10)17)20-15(22)9-21(25(2,23)24)16-13(18)4-3-5-14(16)19/h3-8H,9H2,1-2H3,(H,20,22). The molecule has 5 nitrogen and oxygen atoms in total. The number of halogens is 3. The summed E-state index contributed by atoms with van der Waals surface area (Å²) in [5, 5.41) is 2.86. The molecule has 0 aliphatic carbocycles. The molecule has 0 saturated heterocycles. The highest BCUT2D eigenvalue weighted by Gasteiger charge is 2.26. The van der Waals surface area contributed by atoms with Gasteiger partial charge in [0.15, 0.2) is 11.6 Å². The van der Waals surface area contributed by atoms with E-state index in [9.17, 15) is 22.0 Å². The zero-order chi connectivity index (χ0) is 18.8. The number of nitrogens with one attached hydrogen (secondary N) is 1. The molecule has 0 aliphatic heterocycles. The molecule has 25 heavy (non-hydrogen) atoms. The van der Waals surface area contributed by atoms with Gasteiger partial charge in [0.1, 0.15) is 12.2 Å². The monoisotopic (exact) mass is 388 g/mol. The first-order valence-corrected chi connectivity index (χ1v) is 9.30. The maximum absolute atomic E-state index is 13.9. The van der Waals surface area contributed by atoms with Gasteiger partial charge in [-0.1, -0.05) is 23.7 Å². The number of rotatable bonds is 5. The van der Waals surface area contributed by atoms with Crippen LogP contribution in [0.25, 0.3) is 0 Å². The van der Waals surface area contributed by atoms with Crippen molar-refractivity contribution in [1.29, 1.82) is 0 Å². The van der Waals surface area contributed by atoms with Crippen LogP contribution in [0.2, 0.25) is 5.02 Å². The van der Waals surface area contributed by atoms with Crippen LogP contribution in [0.3, 0.4) is 0 Å². The minimum Gasteiger partial charge on any atom is -0.324 e. The summed E-state index contributed by atoms with van der Waals surface area (Å²) in [6.45, 7) is 0.989. The third kappa shape index (κ3) is 4.67. The Balaban J connectivity index is 2.29. The van der Waals surface area contributed by atoms with Gasteiger partial charge in [-0.15, -0.1) is 0 Å². The minimum atomic E-state index is -4.10. The molecule has 2 aromatic carbocycles. The topological polar surface area (TPSA) is 66.5 Å². The van der Waals surface area contributed by atoms with E-state index in [1.807, 2.05) is 0 Å². The zero-order valence-corrected chi connectivity index (χ0v) is 15.0. The molecule has 1 N–H and O–H groups in total. The van der Waals surface area contributed by atoms with Gasteiger partial charge in [0, 0.05) is 10.7 Å². The lowest BCUT2D eigenvalue weighted by Crippen LogP contribution is -2.38. The fraction of sp³-hybridized carbons (Fsp3) is 0.188. The highest BCUT2D eigenvalue weighted by atomic mass is 35.5. The van der Waals surface area contributed by atoms with Crippen molar-refractivity contribution in [3.63, 3.8) is 0 Å². The van der Waals surface area contributed by atoms with Crippen molar-refractivity contribution >= 4 is 38.9 Å². The third-order valence-corrected chi connectivity index (χ3v) is 4.85. The van der Waals surface area contributed by atoms with E-state index < -0.39 is 39.8 Å². The smallest absolute Gasteiger partial charge is 0.245 e. The quantitative estimate of drug-likeness (QED) is 0.854. The van der Waals surface area contributed by atoms with E-state index in [0.29, 0.717) is 15.0 Å². The van der Waals surface area contributed by atoms with Gasteiger partial charge in [0.2, 0.25) is 15.9 Å². The number of hydrogen-bond donors (Lipinski definition) is 1. The Bertz CT molecular complexity index is 899. The Labute approximate surface area is 149 Å². The summed E-state index contributed by atoms with van der Waals surface area (Å²) in [5.74, 6) is -2.94. The van der Waals surface area contributed by atoms with Gasteiger partial charge in [-0.2, -0.15) is 0 Å². The zero-order valence-electron chi connectivity index (χ0n) is 13.4. The van der Waals surface area contributed by atoms with Crippen molar-refractivity contribution in [1.82, 2.24) is 0 Å². The van der Waals surface area contributed by atoms with Crippen LogP contribution in [0, 0.1) is 18.6 Å². The molecule has 0 spiro atoms. The summed E-state index contributed by atoms with van der Waals surface area (Å²) in [6.07, 6.45) is 0.759. The number of benzene rings is 2. The summed E-state index contributed by atoms with van der Waals surface area (Å²) in [7, 11) is -4.10. The summed E-state index contributed by atoms with van der Waals surface area (Å²) in [5.41, 5.74) is 0.330. The van der Waals surface area contributed by atoms with Gasteiger partial charge in [-0.25, -0.2) is 17.2 Å². The van der Waals surface area contributed by atoms with Crippen LogP contribution in [0.1, 0.15) is 5.56 Å². The number of carbonyl (C=O) groups is 1. The molecular weight excluding hydrogens is 374 g/mol. The van der Waals surface area contributed by atoms with E-state index in [2.05, 4.69) is 5.32 Å². The van der Waals surface area contributed by atoms with E-state index in [0.717, 1.165) is 30.0 Å². The SMILES string of the molecule is Cc1ccc(NC(=O)CN(c2c(F)cccc2F)S(C)(=O)=O)cc1Cl. The second-order valence-corrected chi connectivity index (χ2v) is 7.67. The van der Waals surface area contributed by atoms with Crippen LogP contribution >= 0.6 is 11.6 Å². The largest absolute Gasteiger partial charge is 0.324 e. The first-order valence-electron chi connectivity index (χ1n) is 7.07. The maximum Gasteiger partial charge on any atom is 0.245 e. The number of sulfonamides is 1. The van der Waals surface area contributed by atoms with Gasteiger partial charge in [-0.05, 0) is 36.8 Å². The molecule has 9 heteroatoms. The fourth-order valence-electron chi connectivity index (χ4n) is 2.09. The molecular formula is C16H15ClF2N2O3S. The van der Waals surface area contributed by atoms with Crippen molar-refractivity contribution < 1.29 is 22.0 Å². The maximum atomic E-state index is 13.9. The van der Waals surface area contributed by atoms with E-state index in [1.54, 1.807) is 19.1 Å². The lowest BCUT2D eigenvalue weighted by atomic mass is 10.2. The second-order valence-electron chi connectivity index (χ2n) is 5.35. The van der Waals surface area contributed by atoms with Gasteiger partial charge in [0.25, 0.3) is 0 Å². The van der Waals surface area contributed by atoms with Crippen molar-refractivity contribution in [2.24, 2.45) is 0 Å². The lowest BCUT2D eigenvalue weighted by Gasteiger charge is -2.22. The number of hydrogen-bond acceptors (Lipinski definition) is 3.